The maximum absolute atomic E-state index is 12.2. The van der Waals surface area contributed by atoms with Gasteiger partial charge in [0.15, 0.2) is 0 Å². The molecule has 0 aliphatic carbocycles. The smallest absolute Gasteiger partial charge is 0.317 e. The van der Waals surface area contributed by atoms with Crippen molar-refractivity contribution in [3.8, 4) is 6.07 Å². The van der Waals surface area contributed by atoms with Gasteiger partial charge in [-0.15, -0.1) is 0 Å². The fourth-order valence-corrected chi connectivity index (χ4v) is 2.80. The molecule has 4 nitrogen and oxygen atoms in total. The molecule has 2 amide bonds. The first-order chi connectivity index (χ1) is 11.0. The normalized spacial score (nSPS) is 10.0. The highest BCUT2D eigenvalue weighted by Gasteiger charge is 2.10. The SMILES string of the molecule is CN(Cc1cccc(C#N)c1)C(=O)NCc1ccc(Br)cc1Cl. The molecule has 6 heteroatoms. The van der Waals surface area contributed by atoms with Gasteiger partial charge in [0.25, 0.3) is 0 Å². The van der Waals surface area contributed by atoms with E-state index in [0.717, 1.165) is 15.6 Å². The van der Waals surface area contributed by atoms with Crippen molar-refractivity contribution in [2.24, 2.45) is 0 Å². The first-order valence-corrected chi connectivity index (χ1v) is 8.08. The van der Waals surface area contributed by atoms with Gasteiger partial charge in [-0.2, -0.15) is 5.26 Å². The summed E-state index contributed by atoms with van der Waals surface area (Å²) in [6.45, 7) is 0.781. The van der Waals surface area contributed by atoms with E-state index in [0.29, 0.717) is 23.7 Å². The predicted molar refractivity (Wildman–Crippen MR) is 94.0 cm³/mol. The molecule has 0 fully saturated rings. The molecule has 1 N–H and O–H groups in total. The van der Waals surface area contributed by atoms with Crippen LogP contribution in [0.4, 0.5) is 4.79 Å². The molecule has 2 rings (SSSR count). The van der Waals surface area contributed by atoms with E-state index in [9.17, 15) is 4.79 Å². The topological polar surface area (TPSA) is 56.1 Å². The number of halogens is 2. The lowest BCUT2D eigenvalue weighted by atomic mass is 10.1. The lowest BCUT2D eigenvalue weighted by Gasteiger charge is -2.18. The van der Waals surface area contributed by atoms with Crippen molar-refractivity contribution in [2.75, 3.05) is 7.05 Å². The van der Waals surface area contributed by atoms with Crippen molar-refractivity contribution in [2.45, 2.75) is 13.1 Å². The van der Waals surface area contributed by atoms with Crippen molar-refractivity contribution in [1.82, 2.24) is 10.2 Å². The van der Waals surface area contributed by atoms with E-state index >= 15 is 0 Å². The lowest BCUT2D eigenvalue weighted by molar-refractivity contribution is 0.206. The molecule has 0 heterocycles. The Hall–Kier alpha value is -2.03. The average Bonchev–Trinajstić information content (AvgIpc) is 2.54. The molecule has 0 unspecified atom stereocenters. The van der Waals surface area contributed by atoms with Gasteiger partial charge in [-0.1, -0.05) is 45.7 Å². The molecule has 0 spiro atoms. The van der Waals surface area contributed by atoms with E-state index in [4.69, 9.17) is 16.9 Å². The molecule has 0 aliphatic heterocycles. The number of amides is 2. The van der Waals surface area contributed by atoms with Gasteiger partial charge in [-0.25, -0.2) is 4.79 Å². The van der Waals surface area contributed by atoms with Crippen LogP contribution >= 0.6 is 27.5 Å². The molecule has 0 saturated carbocycles. The summed E-state index contributed by atoms with van der Waals surface area (Å²) in [5.41, 5.74) is 2.34. The Morgan fingerprint density at radius 3 is 2.83 bits per heavy atom. The van der Waals surface area contributed by atoms with Gasteiger partial charge < -0.3 is 10.2 Å². The number of nitrogens with zero attached hydrogens (tertiary/aromatic N) is 2. The van der Waals surface area contributed by atoms with E-state index in [1.54, 1.807) is 36.2 Å². The molecule has 0 saturated heterocycles. The maximum atomic E-state index is 12.2. The molecule has 0 aliphatic rings. The second-order valence-electron chi connectivity index (χ2n) is 5.06. The number of hydrogen-bond donors (Lipinski definition) is 1. The summed E-state index contributed by atoms with van der Waals surface area (Å²) in [5, 5.41) is 12.3. The van der Waals surface area contributed by atoms with Crippen molar-refractivity contribution >= 4 is 33.6 Å². The molecule has 23 heavy (non-hydrogen) atoms. The van der Waals surface area contributed by atoms with Crippen molar-refractivity contribution in [1.29, 1.82) is 5.26 Å². The number of nitriles is 1. The van der Waals surface area contributed by atoms with Crippen LogP contribution in [0.1, 0.15) is 16.7 Å². The highest BCUT2D eigenvalue weighted by molar-refractivity contribution is 9.10. The van der Waals surface area contributed by atoms with Crippen LogP contribution in [0.15, 0.2) is 46.9 Å². The third kappa shape index (κ3) is 4.98. The van der Waals surface area contributed by atoms with Crippen molar-refractivity contribution in [3.05, 3.63) is 68.7 Å². The number of rotatable bonds is 4. The molecule has 0 atom stereocenters. The molecule has 2 aromatic rings. The van der Waals surface area contributed by atoms with Gasteiger partial charge in [0.1, 0.15) is 0 Å². The Kier molecular flexibility index (Phi) is 6.03. The van der Waals surface area contributed by atoms with Gasteiger partial charge in [0, 0.05) is 29.6 Å². The highest BCUT2D eigenvalue weighted by atomic mass is 79.9. The molecule has 0 radical (unpaired) electrons. The Bertz CT molecular complexity index is 758. The summed E-state index contributed by atoms with van der Waals surface area (Å²) < 4.78 is 0.895. The number of urea groups is 1. The zero-order chi connectivity index (χ0) is 16.8. The van der Waals surface area contributed by atoms with E-state index in [1.165, 1.54) is 0 Å². The minimum Gasteiger partial charge on any atom is -0.334 e. The molecule has 0 bridgehead atoms. The maximum Gasteiger partial charge on any atom is 0.317 e. The van der Waals surface area contributed by atoms with Crippen LogP contribution in [0.25, 0.3) is 0 Å². The molecule has 118 valence electrons. The summed E-state index contributed by atoms with van der Waals surface area (Å²) in [4.78, 5) is 13.7. The zero-order valence-corrected chi connectivity index (χ0v) is 14.9. The number of nitrogens with one attached hydrogen (secondary N) is 1. The van der Waals surface area contributed by atoms with Crippen LogP contribution in [-0.4, -0.2) is 18.0 Å². The number of carbonyl (C=O) groups excluding carboxylic acids is 1. The monoisotopic (exact) mass is 391 g/mol. The van der Waals surface area contributed by atoms with E-state index in [1.807, 2.05) is 18.2 Å². The lowest BCUT2D eigenvalue weighted by Crippen LogP contribution is -2.36. The minimum atomic E-state index is -0.202. The Morgan fingerprint density at radius 1 is 1.35 bits per heavy atom. The second kappa shape index (κ2) is 8.00. The fourth-order valence-electron chi connectivity index (χ4n) is 2.06. The van der Waals surface area contributed by atoms with Gasteiger partial charge in [0.05, 0.1) is 11.6 Å². The van der Waals surface area contributed by atoms with Crippen LogP contribution in [0.3, 0.4) is 0 Å². The van der Waals surface area contributed by atoms with Crippen molar-refractivity contribution < 1.29 is 4.79 Å². The third-order valence-electron chi connectivity index (χ3n) is 3.27. The van der Waals surface area contributed by atoms with Gasteiger partial charge in [0.2, 0.25) is 0 Å². The van der Waals surface area contributed by atoms with Crippen LogP contribution in [-0.2, 0) is 13.1 Å². The largest absolute Gasteiger partial charge is 0.334 e. The highest BCUT2D eigenvalue weighted by Crippen LogP contribution is 2.21. The first kappa shape index (κ1) is 17.3. The molecule has 2 aromatic carbocycles. The van der Waals surface area contributed by atoms with Crippen LogP contribution in [0.2, 0.25) is 5.02 Å². The summed E-state index contributed by atoms with van der Waals surface area (Å²) >= 11 is 9.48. The summed E-state index contributed by atoms with van der Waals surface area (Å²) in [6.07, 6.45) is 0. The number of hydrogen-bond acceptors (Lipinski definition) is 2. The van der Waals surface area contributed by atoms with Gasteiger partial charge >= 0.3 is 6.03 Å². The van der Waals surface area contributed by atoms with E-state index in [-0.39, 0.29) is 6.03 Å². The molecule has 0 aromatic heterocycles. The van der Waals surface area contributed by atoms with E-state index < -0.39 is 0 Å². The fraction of sp³-hybridized carbons (Fsp3) is 0.176. The Labute approximate surface area is 148 Å². The molecular formula is C17H15BrClN3O. The molecular weight excluding hydrogens is 378 g/mol. The Morgan fingerprint density at radius 2 is 2.13 bits per heavy atom. The van der Waals surface area contributed by atoms with Gasteiger partial charge in [-0.3, -0.25) is 0 Å². The summed E-state index contributed by atoms with van der Waals surface area (Å²) in [5.74, 6) is 0. The standard InChI is InChI=1S/C17H15BrClN3O/c1-22(11-13-4-2-3-12(7-13)9-20)17(23)21-10-14-5-6-15(18)8-16(14)19/h2-8H,10-11H2,1H3,(H,21,23). The second-order valence-corrected chi connectivity index (χ2v) is 6.39. The predicted octanol–water partition coefficient (Wildman–Crippen LogP) is 4.32. The average molecular weight is 393 g/mol. The third-order valence-corrected chi connectivity index (χ3v) is 4.11. The van der Waals surface area contributed by atoms with Gasteiger partial charge in [-0.05, 0) is 35.4 Å². The number of carbonyl (C=O) groups is 1. The van der Waals surface area contributed by atoms with Crippen LogP contribution in [0, 0.1) is 11.3 Å². The quantitative estimate of drug-likeness (QED) is 0.842. The first-order valence-electron chi connectivity index (χ1n) is 6.91. The zero-order valence-electron chi connectivity index (χ0n) is 12.5. The summed E-state index contributed by atoms with van der Waals surface area (Å²) in [7, 11) is 1.71. The summed E-state index contributed by atoms with van der Waals surface area (Å²) in [6, 6.07) is 14.6. The van der Waals surface area contributed by atoms with Crippen LogP contribution < -0.4 is 5.32 Å². The van der Waals surface area contributed by atoms with Crippen LogP contribution in [0.5, 0.6) is 0 Å². The Balaban J connectivity index is 1.93. The number of benzene rings is 2. The minimum absolute atomic E-state index is 0.202. The van der Waals surface area contributed by atoms with Crippen molar-refractivity contribution in [3.63, 3.8) is 0 Å². The van der Waals surface area contributed by atoms with E-state index in [2.05, 4.69) is 27.3 Å².